The van der Waals surface area contributed by atoms with Gasteiger partial charge in [-0.05, 0) is 29.8 Å². The van der Waals surface area contributed by atoms with Crippen LogP contribution in [0.2, 0.25) is 10.0 Å². The number of benzene rings is 1. The summed E-state index contributed by atoms with van der Waals surface area (Å²) in [6, 6.07) is 4.30. The van der Waals surface area contributed by atoms with E-state index in [1.165, 1.54) is 18.2 Å². The second-order valence-corrected chi connectivity index (χ2v) is 3.37. The van der Waals surface area contributed by atoms with Crippen LogP contribution in [0, 0.1) is 0 Å². The molecular weight excluding hydrogens is 230 g/mol. The molecule has 1 rings (SSSR count). The van der Waals surface area contributed by atoms with Crippen LogP contribution < -0.4 is 0 Å². The van der Waals surface area contributed by atoms with E-state index in [2.05, 4.69) is 0 Å². The summed E-state index contributed by atoms with van der Waals surface area (Å²) in [6.45, 7) is 0. The maximum absolute atomic E-state index is 12.7. The van der Waals surface area contributed by atoms with Crippen molar-refractivity contribution in [2.75, 3.05) is 0 Å². The van der Waals surface area contributed by atoms with Crippen LogP contribution in [0.4, 0.5) is 4.39 Å². The van der Waals surface area contributed by atoms with Crippen LogP contribution in [-0.4, -0.2) is 11.1 Å². The summed E-state index contributed by atoms with van der Waals surface area (Å²) in [5.41, 5.74) is 0.308. The molecule has 0 aliphatic carbocycles. The highest BCUT2D eigenvalue weighted by Crippen LogP contribution is 2.21. The van der Waals surface area contributed by atoms with E-state index in [4.69, 9.17) is 28.3 Å². The van der Waals surface area contributed by atoms with Gasteiger partial charge in [-0.1, -0.05) is 23.2 Å². The fourth-order valence-corrected chi connectivity index (χ4v) is 1.41. The lowest BCUT2D eigenvalue weighted by Gasteiger charge is -1.97. The van der Waals surface area contributed by atoms with Crippen molar-refractivity contribution >= 4 is 35.2 Å². The van der Waals surface area contributed by atoms with E-state index in [1.54, 1.807) is 0 Å². The summed E-state index contributed by atoms with van der Waals surface area (Å²) in [7, 11) is 0. The zero-order valence-corrected chi connectivity index (χ0v) is 8.31. The summed E-state index contributed by atoms with van der Waals surface area (Å²) in [4.78, 5) is 10.2. The Morgan fingerprint density at radius 2 is 1.79 bits per heavy atom. The first-order chi connectivity index (χ1) is 6.49. The van der Waals surface area contributed by atoms with E-state index in [9.17, 15) is 9.18 Å². The Morgan fingerprint density at radius 1 is 1.29 bits per heavy atom. The maximum Gasteiger partial charge on any atom is 0.364 e. The quantitative estimate of drug-likeness (QED) is 0.797. The van der Waals surface area contributed by atoms with Crippen molar-refractivity contribution in [3.8, 4) is 0 Å². The zero-order chi connectivity index (χ0) is 10.7. The Bertz CT molecular complexity index is 382. The molecule has 0 aliphatic heterocycles. The van der Waals surface area contributed by atoms with Crippen LogP contribution >= 0.6 is 23.2 Å². The van der Waals surface area contributed by atoms with Gasteiger partial charge in [0.05, 0.1) is 0 Å². The summed E-state index contributed by atoms with van der Waals surface area (Å²) >= 11 is 11.3. The lowest BCUT2D eigenvalue weighted by atomic mass is 10.2. The van der Waals surface area contributed by atoms with Crippen LogP contribution in [0.1, 0.15) is 5.56 Å². The van der Waals surface area contributed by atoms with Gasteiger partial charge in [0.15, 0.2) is 0 Å². The van der Waals surface area contributed by atoms with Crippen LogP contribution in [0.5, 0.6) is 0 Å². The predicted molar refractivity (Wildman–Crippen MR) is 53.2 cm³/mol. The molecule has 14 heavy (non-hydrogen) atoms. The number of carboxylic acid groups (broad SMARTS) is 1. The molecule has 5 heteroatoms. The molecule has 0 unspecified atom stereocenters. The summed E-state index contributed by atoms with van der Waals surface area (Å²) in [5.74, 6) is -2.88. The lowest BCUT2D eigenvalue weighted by molar-refractivity contribution is -0.134. The molecule has 0 fully saturated rings. The van der Waals surface area contributed by atoms with Gasteiger partial charge < -0.3 is 5.11 Å². The molecule has 0 amide bonds. The fraction of sp³-hybridized carbons (Fsp3) is 0. The third kappa shape index (κ3) is 3.01. The van der Waals surface area contributed by atoms with Crippen LogP contribution in [0.3, 0.4) is 0 Å². The third-order valence-corrected chi connectivity index (χ3v) is 1.82. The minimum atomic E-state index is -1.62. The van der Waals surface area contributed by atoms with Gasteiger partial charge in [-0.25, -0.2) is 4.79 Å². The third-order valence-electron chi connectivity index (χ3n) is 1.38. The molecule has 0 atom stereocenters. The Labute approximate surface area is 89.6 Å². The Balaban J connectivity index is 3.08. The molecular formula is C9H5Cl2FO2. The van der Waals surface area contributed by atoms with E-state index in [1.807, 2.05) is 0 Å². The Hall–Kier alpha value is -1.06. The van der Waals surface area contributed by atoms with Crippen molar-refractivity contribution in [3.63, 3.8) is 0 Å². The number of aliphatic carboxylic acids is 1. The predicted octanol–water partition coefficient (Wildman–Crippen LogP) is 3.39. The van der Waals surface area contributed by atoms with Crippen LogP contribution in [0.15, 0.2) is 24.0 Å². The fourth-order valence-electron chi connectivity index (χ4n) is 0.867. The number of rotatable bonds is 2. The van der Waals surface area contributed by atoms with E-state index in [-0.39, 0.29) is 0 Å². The molecule has 0 saturated heterocycles. The van der Waals surface area contributed by atoms with Gasteiger partial charge in [0.1, 0.15) is 0 Å². The van der Waals surface area contributed by atoms with Crippen molar-refractivity contribution in [2.24, 2.45) is 0 Å². The largest absolute Gasteiger partial charge is 0.476 e. The van der Waals surface area contributed by atoms with Crippen molar-refractivity contribution in [1.29, 1.82) is 0 Å². The zero-order valence-electron chi connectivity index (χ0n) is 6.80. The molecule has 0 spiro atoms. The summed E-state index contributed by atoms with van der Waals surface area (Å²) < 4.78 is 12.7. The molecule has 0 saturated carbocycles. The molecule has 2 nitrogen and oxygen atoms in total. The van der Waals surface area contributed by atoms with Gasteiger partial charge in [-0.15, -0.1) is 0 Å². The maximum atomic E-state index is 12.7. The highest BCUT2D eigenvalue weighted by Gasteiger charge is 2.05. The van der Waals surface area contributed by atoms with Gasteiger partial charge in [0.2, 0.25) is 5.83 Å². The Kier molecular flexibility index (Phi) is 3.49. The summed E-state index contributed by atoms with van der Waals surface area (Å²) in [6.07, 6.45) is 0.847. The molecule has 74 valence electrons. The minimum absolute atomic E-state index is 0.308. The number of carboxylic acids is 1. The van der Waals surface area contributed by atoms with E-state index < -0.39 is 11.8 Å². The number of carbonyl (C=O) groups is 1. The second-order valence-electron chi connectivity index (χ2n) is 2.50. The van der Waals surface area contributed by atoms with Gasteiger partial charge in [0.25, 0.3) is 0 Å². The molecule has 1 aromatic carbocycles. The smallest absolute Gasteiger partial charge is 0.364 e. The number of halogens is 3. The molecule has 0 aliphatic rings. The van der Waals surface area contributed by atoms with E-state index in [0.717, 1.165) is 6.08 Å². The van der Waals surface area contributed by atoms with Gasteiger partial charge in [-0.2, -0.15) is 4.39 Å². The second kappa shape index (κ2) is 4.44. The summed E-state index contributed by atoms with van der Waals surface area (Å²) in [5, 5.41) is 8.92. The van der Waals surface area contributed by atoms with Crippen LogP contribution in [-0.2, 0) is 4.79 Å². The number of hydrogen-bond donors (Lipinski definition) is 1. The SMILES string of the molecule is O=C(O)C(F)=Cc1cc(Cl)cc(Cl)c1. The highest BCUT2D eigenvalue weighted by molar-refractivity contribution is 6.34. The average molecular weight is 235 g/mol. The molecule has 0 heterocycles. The van der Waals surface area contributed by atoms with Crippen molar-refractivity contribution in [3.05, 3.63) is 39.6 Å². The Morgan fingerprint density at radius 3 is 2.21 bits per heavy atom. The van der Waals surface area contributed by atoms with Crippen molar-refractivity contribution in [2.45, 2.75) is 0 Å². The molecule has 0 aromatic heterocycles. The van der Waals surface area contributed by atoms with E-state index in [0.29, 0.717) is 15.6 Å². The first-order valence-corrected chi connectivity index (χ1v) is 4.31. The van der Waals surface area contributed by atoms with Gasteiger partial charge >= 0.3 is 5.97 Å². The lowest BCUT2D eigenvalue weighted by Crippen LogP contribution is -1.93. The van der Waals surface area contributed by atoms with E-state index >= 15 is 0 Å². The number of hydrogen-bond acceptors (Lipinski definition) is 1. The van der Waals surface area contributed by atoms with Crippen LogP contribution in [0.25, 0.3) is 6.08 Å². The van der Waals surface area contributed by atoms with Crippen molar-refractivity contribution < 1.29 is 14.3 Å². The molecule has 1 aromatic rings. The van der Waals surface area contributed by atoms with Gasteiger partial charge in [0, 0.05) is 10.0 Å². The van der Waals surface area contributed by atoms with Crippen molar-refractivity contribution in [1.82, 2.24) is 0 Å². The van der Waals surface area contributed by atoms with Gasteiger partial charge in [-0.3, -0.25) is 0 Å². The molecule has 0 bridgehead atoms. The molecule has 1 N–H and O–H groups in total. The molecule has 0 radical (unpaired) electrons. The normalized spacial score (nSPS) is 11.5. The monoisotopic (exact) mass is 234 g/mol. The first kappa shape index (κ1) is 11.0. The minimum Gasteiger partial charge on any atom is -0.476 e. The topological polar surface area (TPSA) is 37.3 Å². The first-order valence-electron chi connectivity index (χ1n) is 3.55. The highest BCUT2D eigenvalue weighted by atomic mass is 35.5. The average Bonchev–Trinajstić information content (AvgIpc) is 2.01. The standard InChI is InChI=1S/C9H5Cl2FO2/c10-6-1-5(2-7(11)4-6)3-8(12)9(13)14/h1-4H,(H,13,14).